The van der Waals surface area contributed by atoms with Crippen molar-refractivity contribution in [3.63, 3.8) is 0 Å². The number of methoxy groups -OCH3 is 1. The van der Waals surface area contributed by atoms with E-state index in [1.54, 1.807) is 20.1 Å². The number of amides is 1. The van der Waals surface area contributed by atoms with Crippen molar-refractivity contribution in [2.45, 2.75) is 39.0 Å². The van der Waals surface area contributed by atoms with Crippen LogP contribution < -0.4 is 5.32 Å². The molecule has 2 atom stereocenters. The fraction of sp³-hybridized carbons (Fsp3) is 0.500. The molecule has 1 N–H and O–H groups in total. The van der Waals surface area contributed by atoms with Crippen molar-refractivity contribution in [1.82, 2.24) is 5.32 Å². The highest BCUT2D eigenvalue weighted by Crippen LogP contribution is 2.28. The van der Waals surface area contributed by atoms with E-state index >= 15 is 0 Å². The minimum atomic E-state index is -0.461. The summed E-state index contributed by atoms with van der Waals surface area (Å²) in [6.45, 7) is 5.51. The Hall–Kier alpha value is -1.26. The topological polar surface area (TPSA) is 47.6 Å². The maximum Gasteiger partial charge on any atom is 0.407 e. The van der Waals surface area contributed by atoms with Gasteiger partial charge in [-0.2, -0.15) is 0 Å². The molecule has 106 valence electrons. The van der Waals surface area contributed by atoms with Gasteiger partial charge in [0.2, 0.25) is 0 Å². The van der Waals surface area contributed by atoms with Crippen molar-refractivity contribution in [3.8, 4) is 0 Å². The Kier molecular flexibility index (Phi) is 6.12. The minimum Gasteiger partial charge on any atom is -0.443 e. The number of nitrogens with one attached hydrogen (secondary N) is 1. The summed E-state index contributed by atoms with van der Waals surface area (Å²) in [6, 6.07) is 7.38. The third kappa shape index (κ3) is 4.73. The molecule has 0 aromatic heterocycles. The van der Waals surface area contributed by atoms with E-state index in [-0.39, 0.29) is 6.04 Å². The molecule has 1 aromatic carbocycles. The zero-order chi connectivity index (χ0) is 14.4. The highest BCUT2D eigenvalue weighted by Gasteiger charge is 2.24. The van der Waals surface area contributed by atoms with E-state index in [4.69, 9.17) is 21.1 Å². The Morgan fingerprint density at radius 2 is 1.89 bits per heavy atom. The van der Waals surface area contributed by atoms with E-state index in [0.29, 0.717) is 5.02 Å². The summed E-state index contributed by atoms with van der Waals surface area (Å²) >= 11 is 6.13. The number of ether oxygens (including phenoxy) is 2. The summed E-state index contributed by atoms with van der Waals surface area (Å²) < 4.78 is 10.7. The van der Waals surface area contributed by atoms with Crippen molar-refractivity contribution in [3.05, 3.63) is 34.9 Å². The van der Waals surface area contributed by atoms with Crippen molar-refractivity contribution in [1.29, 1.82) is 0 Å². The van der Waals surface area contributed by atoms with Crippen LogP contribution in [0.3, 0.4) is 0 Å². The zero-order valence-electron chi connectivity index (χ0n) is 11.6. The molecule has 0 aliphatic heterocycles. The summed E-state index contributed by atoms with van der Waals surface area (Å²) in [5, 5.41) is 3.26. The highest BCUT2D eigenvalue weighted by atomic mass is 35.5. The van der Waals surface area contributed by atoms with Gasteiger partial charge in [-0.05, 0) is 26.8 Å². The third-order valence-electron chi connectivity index (χ3n) is 2.59. The second kappa shape index (κ2) is 7.36. The van der Waals surface area contributed by atoms with Crippen LogP contribution in [0, 0.1) is 0 Å². The van der Waals surface area contributed by atoms with Crippen LogP contribution >= 0.6 is 11.6 Å². The van der Waals surface area contributed by atoms with Crippen LogP contribution in [0.5, 0.6) is 0 Å². The Morgan fingerprint density at radius 3 is 2.42 bits per heavy atom. The Labute approximate surface area is 119 Å². The van der Waals surface area contributed by atoms with E-state index in [9.17, 15) is 4.79 Å². The van der Waals surface area contributed by atoms with E-state index in [1.807, 2.05) is 32.0 Å². The second-order valence-electron chi connectivity index (χ2n) is 4.59. The van der Waals surface area contributed by atoms with Crippen LogP contribution in [0.25, 0.3) is 0 Å². The number of carbonyl (C=O) groups excluding carboxylic acids is 1. The molecule has 1 aromatic rings. The summed E-state index contributed by atoms with van der Waals surface area (Å²) in [7, 11) is 1.56. The van der Waals surface area contributed by atoms with E-state index in [0.717, 1.165) is 5.56 Å². The van der Waals surface area contributed by atoms with Crippen molar-refractivity contribution in [2.75, 3.05) is 7.11 Å². The zero-order valence-corrected chi connectivity index (χ0v) is 12.4. The second-order valence-corrected chi connectivity index (χ2v) is 4.99. The van der Waals surface area contributed by atoms with Crippen LogP contribution in [0.2, 0.25) is 5.02 Å². The molecule has 0 radical (unpaired) electrons. The molecular weight excluding hydrogens is 266 g/mol. The average molecular weight is 286 g/mol. The Bertz CT molecular complexity index is 423. The number of alkyl carbamates (subject to hydrolysis) is 1. The van der Waals surface area contributed by atoms with E-state index in [1.165, 1.54) is 0 Å². The predicted octanol–water partition coefficient (Wildman–Crippen LogP) is 3.55. The van der Waals surface area contributed by atoms with Gasteiger partial charge >= 0.3 is 6.09 Å². The van der Waals surface area contributed by atoms with Gasteiger partial charge in [-0.3, -0.25) is 0 Å². The molecule has 4 nitrogen and oxygen atoms in total. The molecule has 1 amide bonds. The number of benzene rings is 1. The fourth-order valence-corrected chi connectivity index (χ4v) is 2.02. The van der Waals surface area contributed by atoms with E-state index in [2.05, 4.69) is 5.32 Å². The lowest BCUT2D eigenvalue weighted by atomic mass is 10.1. The van der Waals surface area contributed by atoms with Crippen LogP contribution in [0.1, 0.15) is 32.4 Å². The van der Waals surface area contributed by atoms with Gasteiger partial charge in [0, 0.05) is 23.7 Å². The summed E-state index contributed by atoms with van der Waals surface area (Å²) in [6.07, 6.45) is -1.30. The normalized spacial score (nSPS) is 14.0. The van der Waals surface area contributed by atoms with Crippen LogP contribution in [0.15, 0.2) is 24.3 Å². The van der Waals surface area contributed by atoms with Gasteiger partial charge in [0.1, 0.15) is 12.2 Å². The standard InChI is InChI=1S/C14H20ClNO3/c1-9(2)16-14(17)19-10(3)13(18-4)11-7-5-6-8-12(11)15/h5-10,13H,1-4H3,(H,16,17)/t10-,13+/m1/s1. The van der Waals surface area contributed by atoms with Gasteiger partial charge in [-0.1, -0.05) is 29.8 Å². The number of carbonyl (C=O) groups is 1. The number of hydrogen-bond acceptors (Lipinski definition) is 3. The summed E-state index contributed by atoms with van der Waals surface area (Å²) in [4.78, 5) is 11.6. The van der Waals surface area contributed by atoms with Gasteiger partial charge in [-0.15, -0.1) is 0 Å². The van der Waals surface area contributed by atoms with Gasteiger partial charge in [0.15, 0.2) is 0 Å². The van der Waals surface area contributed by atoms with Crippen LogP contribution in [-0.4, -0.2) is 25.3 Å². The number of rotatable bonds is 5. The lowest BCUT2D eigenvalue weighted by Gasteiger charge is -2.24. The van der Waals surface area contributed by atoms with Crippen molar-refractivity contribution < 1.29 is 14.3 Å². The molecule has 5 heteroatoms. The molecule has 0 aliphatic carbocycles. The van der Waals surface area contributed by atoms with Gasteiger partial charge in [0.05, 0.1) is 0 Å². The van der Waals surface area contributed by atoms with Gasteiger partial charge in [-0.25, -0.2) is 4.79 Å². The molecule has 0 heterocycles. The first-order chi connectivity index (χ1) is 8.95. The lowest BCUT2D eigenvalue weighted by Crippen LogP contribution is -2.35. The van der Waals surface area contributed by atoms with Crippen LogP contribution in [0.4, 0.5) is 4.79 Å². The molecule has 0 saturated carbocycles. The quantitative estimate of drug-likeness (QED) is 0.900. The first kappa shape index (κ1) is 15.8. The van der Waals surface area contributed by atoms with Gasteiger partial charge in [0.25, 0.3) is 0 Å². The largest absolute Gasteiger partial charge is 0.443 e. The molecule has 0 bridgehead atoms. The highest BCUT2D eigenvalue weighted by molar-refractivity contribution is 6.31. The maximum absolute atomic E-state index is 11.6. The molecular formula is C14H20ClNO3. The molecule has 0 aliphatic rings. The first-order valence-electron chi connectivity index (χ1n) is 6.20. The maximum atomic E-state index is 11.6. The predicted molar refractivity (Wildman–Crippen MR) is 75.4 cm³/mol. The van der Waals surface area contributed by atoms with Crippen molar-refractivity contribution >= 4 is 17.7 Å². The Morgan fingerprint density at radius 1 is 1.26 bits per heavy atom. The monoisotopic (exact) mass is 285 g/mol. The Balaban J connectivity index is 2.75. The molecule has 0 spiro atoms. The summed E-state index contributed by atoms with van der Waals surface area (Å²) in [5.41, 5.74) is 0.802. The average Bonchev–Trinajstić information content (AvgIpc) is 2.31. The van der Waals surface area contributed by atoms with Crippen molar-refractivity contribution in [2.24, 2.45) is 0 Å². The minimum absolute atomic E-state index is 0.0287. The fourth-order valence-electron chi connectivity index (χ4n) is 1.78. The number of hydrogen-bond donors (Lipinski definition) is 1. The molecule has 1 rings (SSSR count). The molecule has 0 fully saturated rings. The third-order valence-corrected chi connectivity index (χ3v) is 2.94. The molecule has 0 saturated heterocycles. The van der Waals surface area contributed by atoms with E-state index < -0.39 is 18.3 Å². The molecule has 0 unspecified atom stereocenters. The SMILES string of the molecule is CO[C@H](c1ccccc1Cl)[C@@H](C)OC(=O)NC(C)C. The van der Waals surface area contributed by atoms with Crippen LogP contribution in [-0.2, 0) is 9.47 Å². The molecule has 19 heavy (non-hydrogen) atoms. The lowest BCUT2D eigenvalue weighted by molar-refractivity contribution is -0.0152. The first-order valence-corrected chi connectivity index (χ1v) is 6.57. The van der Waals surface area contributed by atoms with Gasteiger partial charge < -0.3 is 14.8 Å². The number of halogens is 1. The summed E-state index contributed by atoms with van der Waals surface area (Å²) in [5.74, 6) is 0. The smallest absolute Gasteiger partial charge is 0.407 e.